The SMILES string of the molecule is CCCCCCCCCCCCCCCCCCN(CCCCCCCCCCCCCCCCCC)C(=O)c1ccc(C(=O)NCC(=O)NCC(=O)OCC)cc1. The van der Waals surface area contributed by atoms with Crippen LogP contribution in [-0.2, 0) is 14.3 Å². The summed E-state index contributed by atoms with van der Waals surface area (Å²) in [5, 5.41) is 5.00. The third-order valence-electron chi connectivity index (χ3n) is 11.4. The number of hydrogen-bond acceptors (Lipinski definition) is 5. The van der Waals surface area contributed by atoms with Crippen molar-refractivity contribution in [3.8, 4) is 0 Å². The highest BCUT2D eigenvalue weighted by Crippen LogP contribution is 2.17. The summed E-state index contributed by atoms with van der Waals surface area (Å²) in [5.74, 6) is -1.40. The molecule has 0 bridgehead atoms. The first-order valence-corrected chi connectivity index (χ1v) is 24.5. The first kappa shape index (κ1) is 53.1. The Hall–Kier alpha value is -2.90. The van der Waals surface area contributed by atoms with Crippen molar-refractivity contribution in [3.05, 3.63) is 35.4 Å². The molecule has 0 fully saturated rings. The number of carbonyl (C=O) groups excluding carboxylic acids is 4. The third kappa shape index (κ3) is 31.1. The van der Waals surface area contributed by atoms with Gasteiger partial charge in [-0.3, -0.25) is 19.2 Å². The summed E-state index contributed by atoms with van der Waals surface area (Å²) < 4.78 is 4.80. The van der Waals surface area contributed by atoms with Crippen LogP contribution in [-0.4, -0.2) is 61.4 Å². The number of amides is 3. The van der Waals surface area contributed by atoms with Gasteiger partial charge < -0.3 is 20.3 Å². The van der Waals surface area contributed by atoms with Crippen LogP contribution in [0.15, 0.2) is 24.3 Å². The van der Waals surface area contributed by atoms with Gasteiger partial charge in [0, 0.05) is 24.2 Å². The average molecular weight is 812 g/mol. The average Bonchev–Trinajstić information content (AvgIpc) is 3.23. The minimum Gasteiger partial charge on any atom is -0.465 e. The summed E-state index contributed by atoms with van der Waals surface area (Å²) in [4.78, 5) is 51.9. The van der Waals surface area contributed by atoms with E-state index in [9.17, 15) is 19.2 Å². The molecule has 1 aromatic carbocycles. The zero-order valence-electron chi connectivity index (χ0n) is 38.0. The number of esters is 1. The minimum atomic E-state index is -0.527. The minimum absolute atomic E-state index is 0.0206. The molecule has 0 radical (unpaired) electrons. The highest BCUT2D eigenvalue weighted by atomic mass is 16.5. The van der Waals surface area contributed by atoms with Crippen molar-refractivity contribution in [3.63, 3.8) is 0 Å². The van der Waals surface area contributed by atoms with Crippen LogP contribution in [0.3, 0.4) is 0 Å². The van der Waals surface area contributed by atoms with Crippen LogP contribution < -0.4 is 10.6 Å². The number of nitrogens with zero attached hydrogens (tertiary/aromatic N) is 1. The van der Waals surface area contributed by atoms with Crippen LogP contribution in [0.1, 0.15) is 247 Å². The maximum Gasteiger partial charge on any atom is 0.325 e. The quantitative estimate of drug-likeness (QED) is 0.0506. The van der Waals surface area contributed by atoms with Crippen LogP contribution in [0.5, 0.6) is 0 Å². The van der Waals surface area contributed by atoms with Gasteiger partial charge in [-0.2, -0.15) is 0 Å². The van der Waals surface area contributed by atoms with Crippen LogP contribution >= 0.6 is 0 Å². The van der Waals surface area contributed by atoms with E-state index in [2.05, 4.69) is 24.5 Å². The Balaban J connectivity index is 2.43. The lowest BCUT2D eigenvalue weighted by Crippen LogP contribution is -2.39. The normalized spacial score (nSPS) is 11.1. The molecule has 0 aliphatic heterocycles. The van der Waals surface area contributed by atoms with Crippen LogP contribution in [0, 0.1) is 0 Å². The summed E-state index contributed by atoms with van der Waals surface area (Å²) in [6.07, 6.45) is 42.5. The van der Waals surface area contributed by atoms with Gasteiger partial charge in [0.1, 0.15) is 6.54 Å². The molecule has 8 nitrogen and oxygen atoms in total. The Kier molecular flexibility index (Phi) is 36.2. The van der Waals surface area contributed by atoms with Crippen LogP contribution in [0.25, 0.3) is 0 Å². The number of rotatable bonds is 41. The largest absolute Gasteiger partial charge is 0.465 e. The predicted molar refractivity (Wildman–Crippen MR) is 243 cm³/mol. The summed E-state index contributed by atoms with van der Waals surface area (Å²) in [5.41, 5.74) is 0.952. The predicted octanol–water partition coefficient (Wildman–Crippen LogP) is 13.1. The van der Waals surface area contributed by atoms with Gasteiger partial charge >= 0.3 is 5.97 Å². The van der Waals surface area contributed by atoms with Gasteiger partial charge in [0.25, 0.3) is 11.8 Å². The van der Waals surface area contributed by atoms with Crippen molar-refractivity contribution >= 4 is 23.7 Å². The maximum absolute atomic E-state index is 13.7. The van der Waals surface area contributed by atoms with E-state index in [-0.39, 0.29) is 25.6 Å². The standard InChI is InChI=1S/C50H89N3O5/c1-4-7-9-11-13-15-17-19-21-23-25-27-29-31-33-35-41-53(42-36-34-32-30-28-26-24-22-20-18-16-14-12-10-8-5-2)50(57)46-39-37-45(38-40-46)49(56)52-43-47(54)51-44-48(55)58-6-3/h37-40H,4-36,41-44H2,1-3H3,(H,51,54)(H,52,56). The second-order valence-corrected chi connectivity index (χ2v) is 16.7. The number of unbranched alkanes of at least 4 members (excludes halogenated alkanes) is 30. The molecule has 0 unspecified atom stereocenters. The van der Waals surface area contributed by atoms with Gasteiger partial charge in [-0.1, -0.05) is 206 Å². The lowest BCUT2D eigenvalue weighted by atomic mass is 10.0. The molecule has 0 aliphatic rings. The molecule has 0 saturated carbocycles. The fraction of sp³-hybridized carbons (Fsp3) is 0.800. The maximum atomic E-state index is 13.7. The third-order valence-corrected chi connectivity index (χ3v) is 11.4. The van der Waals surface area contributed by atoms with Gasteiger partial charge in [0.05, 0.1) is 13.2 Å². The second-order valence-electron chi connectivity index (χ2n) is 16.7. The van der Waals surface area contributed by atoms with E-state index < -0.39 is 17.8 Å². The Morgan fingerprint density at radius 3 is 1.10 bits per heavy atom. The van der Waals surface area contributed by atoms with Crippen LogP contribution in [0.2, 0.25) is 0 Å². The van der Waals surface area contributed by atoms with E-state index >= 15 is 0 Å². The first-order valence-electron chi connectivity index (χ1n) is 24.5. The molecular formula is C50H89N3O5. The molecule has 334 valence electrons. The van der Waals surface area contributed by atoms with E-state index in [0.717, 1.165) is 38.8 Å². The van der Waals surface area contributed by atoms with Gasteiger partial charge in [0.2, 0.25) is 5.91 Å². The van der Waals surface area contributed by atoms with E-state index in [0.29, 0.717) is 11.1 Å². The molecule has 0 atom stereocenters. The lowest BCUT2D eigenvalue weighted by molar-refractivity contribution is -0.143. The van der Waals surface area contributed by atoms with Crippen molar-refractivity contribution in [1.29, 1.82) is 0 Å². The van der Waals surface area contributed by atoms with Gasteiger partial charge in [-0.25, -0.2) is 0 Å². The summed E-state index contributed by atoms with van der Waals surface area (Å²) in [6.45, 7) is 7.52. The van der Waals surface area contributed by atoms with Crippen molar-refractivity contribution in [1.82, 2.24) is 15.5 Å². The number of hydrogen-bond donors (Lipinski definition) is 2. The smallest absolute Gasteiger partial charge is 0.325 e. The zero-order chi connectivity index (χ0) is 42.2. The molecule has 58 heavy (non-hydrogen) atoms. The zero-order valence-corrected chi connectivity index (χ0v) is 38.0. The summed E-state index contributed by atoms with van der Waals surface area (Å²) in [7, 11) is 0. The molecule has 0 aliphatic carbocycles. The summed E-state index contributed by atoms with van der Waals surface area (Å²) in [6, 6.07) is 6.71. The Labute approximate surface area is 356 Å². The topological polar surface area (TPSA) is 105 Å². The van der Waals surface area contributed by atoms with E-state index in [1.165, 1.54) is 180 Å². The van der Waals surface area contributed by atoms with E-state index in [4.69, 9.17) is 4.74 Å². The van der Waals surface area contributed by atoms with Crippen molar-refractivity contribution in [2.24, 2.45) is 0 Å². The summed E-state index contributed by atoms with van der Waals surface area (Å²) >= 11 is 0. The van der Waals surface area contributed by atoms with E-state index in [1.807, 2.05) is 4.90 Å². The fourth-order valence-corrected chi connectivity index (χ4v) is 7.67. The van der Waals surface area contributed by atoms with E-state index in [1.54, 1.807) is 31.2 Å². The number of benzene rings is 1. The number of carbonyl (C=O) groups is 4. The molecule has 0 heterocycles. The number of ether oxygens (including phenoxy) is 1. The van der Waals surface area contributed by atoms with Gasteiger partial charge in [-0.05, 0) is 44.0 Å². The molecule has 1 rings (SSSR count). The first-order chi connectivity index (χ1) is 28.4. The molecule has 1 aromatic rings. The van der Waals surface area contributed by atoms with Crippen molar-refractivity contribution < 1.29 is 23.9 Å². The molecule has 0 saturated heterocycles. The monoisotopic (exact) mass is 812 g/mol. The fourth-order valence-electron chi connectivity index (χ4n) is 7.67. The highest BCUT2D eigenvalue weighted by Gasteiger charge is 2.17. The lowest BCUT2D eigenvalue weighted by Gasteiger charge is -2.23. The molecule has 0 aromatic heterocycles. The molecule has 3 amide bonds. The number of nitrogens with one attached hydrogen (secondary N) is 2. The molecule has 8 heteroatoms. The second kappa shape index (κ2) is 39.6. The van der Waals surface area contributed by atoms with Gasteiger partial charge in [0.15, 0.2) is 0 Å². The Morgan fingerprint density at radius 1 is 0.431 bits per heavy atom. The highest BCUT2D eigenvalue weighted by molar-refractivity contribution is 5.99. The molecular weight excluding hydrogens is 723 g/mol. The Bertz CT molecular complexity index is 1100. The van der Waals surface area contributed by atoms with Crippen molar-refractivity contribution in [2.75, 3.05) is 32.8 Å². The van der Waals surface area contributed by atoms with Gasteiger partial charge in [-0.15, -0.1) is 0 Å². The van der Waals surface area contributed by atoms with Crippen molar-refractivity contribution in [2.45, 2.75) is 226 Å². The molecule has 2 N–H and O–H groups in total. The Morgan fingerprint density at radius 2 is 0.759 bits per heavy atom. The molecule has 0 spiro atoms. The van der Waals surface area contributed by atoms with Crippen LogP contribution in [0.4, 0.5) is 0 Å².